The zero-order chi connectivity index (χ0) is 31.2. The van der Waals surface area contributed by atoms with E-state index in [1.165, 1.54) is 21.9 Å². The van der Waals surface area contributed by atoms with Crippen molar-refractivity contribution in [2.75, 3.05) is 27.1 Å². The zero-order valence-corrected chi connectivity index (χ0v) is 25.5. The Morgan fingerprint density at radius 2 is 2.02 bits per heavy atom. The molecule has 0 aliphatic carbocycles. The smallest absolute Gasteiger partial charge is 0.342 e. The summed E-state index contributed by atoms with van der Waals surface area (Å²) in [5.41, 5.74) is 4.85. The standard InChI is InChI=1S/C31H37N5O8/c1-18-32-13-29(36(38)39)35(18)14-21(37)16-41-30-24-15-34-7-6-19-8-26-27(43-17-42-26)11-23(19)25(34)10-22(24)20(9-28(30)40-5)12-33-44-31(2,3)4/h8-9,11-13,21,25,37H,6-7,10,14-17H2,1-5H3/b33-12+. The number of fused-ring (bicyclic) bond motifs is 5. The number of nitrogens with zero attached hydrogens (tertiary/aromatic N) is 5. The predicted molar refractivity (Wildman–Crippen MR) is 160 cm³/mol. The Bertz CT molecular complexity index is 1610. The molecule has 2 aromatic carbocycles. The number of aryl methyl sites for hydroxylation is 1. The molecule has 3 aromatic rings. The Labute approximate surface area is 255 Å². The Hall–Kier alpha value is -4.36. The van der Waals surface area contributed by atoms with Gasteiger partial charge in [0.15, 0.2) is 28.8 Å². The van der Waals surface area contributed by atoms with Gasteiger partial charge >= 0.3 is 5.82 Å². The molecule has 6 rings (SSSR count). The zero-order valence-electron chi connectivity index (χ0n) is 25.5. The topological polar surface area (TPSA) is 143 Å². The second kappa shape index (κ2) is 11.6. The highest BCUT2D eigenvalue weighted by Gasteiger charge is 2.37. The number of aromatic nitrogens is 2. The molecule has 0 saturated heterocycles. The van der Waals surface area contributed by atoms with E-state index >= 15 is 0 Å². The maximum Gasteiger partial charge on any atom is 0.342 e. The fourth-order valence-electron chi connectivity index (χ4n) is 6.07. The van der Waals surface area contributed by atoms with Crippen LogP contribution in [0, 0.1) is 17.0 Å². The van der Waals surface area contributed by atoms with Crippen molar-refractivity contribution >= 4 is 12.0 Å². The second-order valence-corrected chi connectivity index (χ2v) is 12.2. The van der Waals surface area contributed by atoms with E-state index in [1.54, 1.807) is 20.2 Å². The fraction of sp³-hybridized carbons (Fsp3) is 0.484. The SMILES string of the molecule is COc1cc(/C=N/OC(C)(C)C)c2c(c1OCC(O)Cn1c([N+](=O)[O-])cnc1C)CN1CCc3cc4c(cc3C1C2)OCO4. The summed E-state index contributed by atoms with van der Waals surface area (Å²) in [5, 5.41) is 26.6. The van der Waals surface area contributed by atoms with Crippen LogP contribution in [0.3, 0.4) is 0 Å². The number of imidazole rings is 1. The second-order valence-electron chi connectivity index (χ2n) is 12.2. The lowest BCUT2D eigenvalue weighted by molar-refractivity contribution is -0.392. The van der Waals surface area contributed by atoms with Crippen LogP contribution in [0.2, 0.25) is 0 Å². The molecule has 0 saturated carbocycles. The van der Waals surface area contributed by atoms with Crippen LogP contribution < -0.4 is 18.9 Å². The Morgan fingerprint density at radius 1 is 1.25 bits per heavy atom. The van der Waals surface area contributed by atoms with E-state index in [2.05, 4.69) is 27.2 Å². The average Bonchev–Trinajstić information content (AvgIpc) is 3.59. The largest absolute Gasteiger partial charge is 0.493 e. The van der Waals surface area contributed by atoms with Crippen molar-refractivity contribution in [1.29, 1.82) is 0 Å². The van der Waals surface area contributed by atoms with Gasteiger partial charge in [-0.3, -0.25) is 4.90 Å². The monoisotopic (exact) mass is 607 g/mol. The lowest BCUT2D eigenvalue weighted by atomic mass is 9.82. The summed E-state index contributed by atoms with van der Waals surface area (Å²) in [5.74, 6) is 2.83. The third-order valence-corrected chi connectivity index (χ3v) is 8.13. The van der Waals surface area contributed by atoms with Crippen molar-refractivity contribution in [3.8, 4) is 23.0 Å². The number of ether oxygens (including phenoxy) is 4. The Morgan fingerprint density at radius 3 is 2.75 bits per heavy atom. The number of methoxy groups -OCH3 is 1. The molecule has 2 unspecified atom stereocenters. The highest BCUT2D eigenvalue weighted by atomic mass is 16.7. The molecular weight excluding hydrogens is 570 g/mol. The van der Waals surface area contributed by atoms with Crippen molar-refractivity contribution in [1.82, 2.24) is 14.5 Å². The van der Waals surface area contributed by atoms with Crippen molar-refractivity contribution in [2.24, 2.45) is 5.16 Å². The van der Waals surface area contributed by atoms with E-state index in [9.17, 15) is 15.2 Å². The normalized spacial score (nSPS) is 18.0. The molecule has 1 aromatic heterocycles. The molecule has 2 atom stereocenters. The lowest BCUT2D eigenvalue weighted by Gasteiger charge is -2.42. The molecule has 0 spiro atoms. The van der Waals surface area contributed by atoms with E-state index in [-0.39, 0.29) is 31.8 Å². The number of nitro groups is 1. The number of oxime groups is 1. The first-order chi connectivity index (χ1) is 21.0. The van der Waals surface area contributed by atoms with Crippen LogP contribution in [0.1, 0.15) is 60.5 Å². The minimum atomic E-state index is -1.04. The maximum absolute atomic E-state index is 11.4. The van der Waals surface area contributed by atoms with Crippen LogP contribution in [0.4, 0.5) is 5.82 Å². The van der Waals surface area contributed by atoms with Gasteiger partial charge in [-0.2, -0.15) is 0 Å². The third-order valence-electron chi connectivity index (χ3n) is 8.13. The first-order valence-electron chi connectivity index (χ1n) is 14.6. The molecule has 3 aliphatic rings. The molecule has 234 valence electrons. The molecule has 44 heavy (non-hydrogen) atoms. The summed E-state index contributed by atoms with van der Waals surface area (Å²) >= 11 is 0. The van der Waals surface area contributed by atoms with E-state index in [0.717, 1.165) is 41.2 Å². The third kappa shape index (κ3) is 5.76. The number of benzene rings is 2. The number of aliphatic hydroxyl groups excluding tert-OH is 1. The van der Waals surface area contributed by atoms with Gasteiger partial charge in [-0.25, -0.2) is 9.55 Å². The molecule has 0 bridgehead atoms. The van der Waals surface area contributed by atoms with Gasteiger partial charge in [-0.1, -0.05) is 5.16 Å². The van der Waals surface area contributed by atoms with E-state index < -0.39 is 16.6 Å². The summed E-state index contributed by atoms with van der Waals surface area (Å²) in [6.45, 7) is 8.97. The summed E-state index contributed by atoms with van der Waals surface area (Å²) < 4.78 is 24.8. The Balaban J connectivity index is 1.33. The van der Waals surface area contributed by atoms with Crippen LogP contribution in [-0.2, 0) is 30.8 Å². The molecule has 0 fully saturated rings. The van der Waals surface area contributed by atoms with Gasteiger partial charge in [0.05, 0.1) is 13.3 Å². The highest BCUT2D eigenvalue weighted by molar-refractivity contribution is 5.84. The molecule has 3 aliphatic heterocycles. The first kappa shape index (κ1) is 29.7. The molecule has 13 heteroatoms. The number of hydrogen-bond acceptors (Lipinski definition) is 11. The van der Waals surface area contributed by atoms with Crippen molar-refractivity contribution in [3.63, 3.8) is 0 Å². The minimum Gasteiger partial charge on any atom is -0.493 e. The van der Waals surface area contributed by atoms with Crippen LogP contribution >= 0.6 is 0 Å². The van der Waals surface area contributed by atoms with Crippen molar-refractivity contribution < 1.29 is 33.8 Å². The van der Waals surface area contributed by atoms with Gasteiger partial charge in [-0.15, -0.1) is 0 Å². The summed E-state index contributed by atoms with van der Waals surface area (Å²) in [6.07, 6.45) is 3.42. The first-order valence-corrected chi connectivity index (χ1v) is 14.6. The van der Waals surface area contributed by atoms with Crippen LogP contribution in [0.25, 0.3) is 0 Å². The van der Waals surface area contributed by atoms with Gasteiger partial charge in [-0.05, 0) is 73.4 Å². The van der Waals surface area contributed by atoms with E-state index in [0.29, 0.717) is 30.3 Å². The van der Waals surface area contributed by atoms with Gasteiger partial charge in [0, 0.05) is 37.2 Å². The number of hydrogen-bond donors (Lipinski definition) is 1. The number of aliphatic hydroxyl groups is 1. The van der Waals surface area contributed by atoms with Gasteiger partial charge in [0.25, 0.3) is 0 Å². The number of rotatable bonds is 9. The van der Waals surface area contributed by atoms with Gasteiger partial charge in [0.2, 0.25) is 6.79 Å². The Kier molecular flexibility index (Phi) is 7.84. The quantitative estimate of drug-likeness (QED) is 0.215. The lowest BCUT2D eigenvalue weighted by Crippen LogP contribution is -2.40. The van der Waals surface area contributed by atoms with Crippen LogP contribution in [-0.4, -0.2) is 69.5 Å². The van der Waals surface area contributed by atoms with Crippen molar-refractivity contribution in [2.45, 2.75) is 71.4 Å². The van der Waals surface area contributed by atoms with Crippen LogP contribution in [0.5, 0.6) is 23.0 Å². The average molecular weight is 608 g/mol. The highest BCUT2D eigenvalue weighted by Crippen LogP contribution is 2.47. The van der Waals surface area contributed by atoms with Gasteiger partial charge in [0.1, 0.15) is 31.1 Å². The maximum atomic E-state index is 11.4. The predicted octanol–water partition coefficient (Wildman–Crippen LogP) is 4.08. The van der Waals surface area contributed by atoms with Crippen molar-refractivity contribution in [3.05, 3.63) is 68.2 Å². The van der Waals surface area contributed by atoms with E-state index in [4.69, 9.17) is 23.8 Å². The molecular formula is C31H37N5O8. The molecule has 0 amide bonds. The summed E-state index contributed by atoms with van der Waals surface area (Å²) in [4.78, 5) is 23.0. The van der Waals surface area contributed by atoms with E-state index in [1.807, 2.05) is 26.8 Å². The fourth-order valence-corrected chi connectivity index (χ4v) is 6.07. The summed E-state index contributed by atoms with van der Waals surface area (Å²) in [6, 6.07) is 6.18. The molecule has 13 nitrogen and oxygen atoms in total. The molecule has 0 radical (unpaired) electrons. The molecule has 4 heterocycles. The minimum absolute atomic E-state index is 0.0391. The van der Waals surface area contributed by atoms with Gasteiger partial charge < -0.3 is 39.0 Å². The summed E-state index contributed by atoms with van der Waals surface area (Å²) in [7, 11) is 1.57. The van der Waals surface area contributed by atoms with Crippen LogP contribution in [0.15, 0.2) is 29.6 Å². The molecule has 1 N–H and O–H groups in total.